The molecule has 1 N–H and O–H groups in total. The lowest BCUT2D eigenvalue weighted by atomic mass is 10.1. The van der Waals surface area contributed by atoms with Gasteiger partial charge in [-0.05, 0) is 30.7 Å². The van der Waals surface area contributed by atoms with Crippen LogP contribution in [0.3, 0.4) is 0 Å². The minimum atomic E-state index is 0.0714. The van der Waals surface area contributed by atoms with Crippen molar-refractivity contribution in [2.24, 2.45) is 5.92 Å². The average Bonchev–Trinajstić information content (AvgIpc) is 2.74. The van der Waals surface area contributed by atoms with Crippen molar-refractivity contribution in [1.29, 1.82) is 0 Å². The molecule has 1 unspecified atom stereocenters. The van der Waals surface area contributed by atoms with Gasteiger partial charge in [0.05, 0.1) is 11.8 Å². The van der Waals surface area contributed by atoms with E-state index in [4.69, 9.17) is 0 Å². The van der Waals surface area contributed by atoms with Gasteiger partial charge in [-0.25, -0.2) is 4.98 Å². The van der Waals surface area contributed by atoms with Crippen molar-refractivity contribution in [2.45, 2.75) is 40.3 Å². The molecular weight excluding hydrogens is 258 g/mol. The van der Waals surface area contributed by atoms with Crippen LogP contribution in [0.15, 0.2) is 16.5 Å². The lowest BCUT2D eigenvalue weighted by molar-refractivity contribution is 0.415. The molecule has 0 radical (unpaired) electrons. The first kappa shape index (κ1) is 14.2. The van der Waals surface area contributed by atoms with E-state index in [1.54, 1.807) is 10.9 Å². The number of thiophene rings is 1. The predicted molar refractivity (Wildman–Crippen MR) is 80.9 cm³/mol. The average molecular weight is 279 g/mol. The second kappa shape index (κ2) is 5.84. The lowest BCUT2D eigenvalue weighted by Crippen LogP contribution is -2.35. The van der Waals surface area contributed by atoms with Crippen LogP contribution in [-0.2, 0) is 6.54 Å². The third kappa shape index (κ3) is 3.04. The fourth-order valence-electron chi connectivity index (χ4n) is 1.87. The van der Waals surface area contributed by atoms with Gasteiger partial charge in [-0.15, -0.1) is 11.3 Å². The second-order valence-electron chi connectivity index (χ2n) is 5.33. The van der Waals surface area contributed by atoms with Crippen LogP contribution in [0, 0.1) is 12.8 Å². The first-order valence-electron chi connectivity index (χ1n) is 6.67. The molecule has 2 rings (SSSR count). The molecule has 4 nitrogen and oxygen atoms in total. The third-order valence-corrected chi connectivity index (χ3v) is 4.62. The first-order valence-corrected chi connectivity index (χ1v) is 7.55. The van der Waals surface area contributed by atoms with Crippen LogP contribution in [0.4, 0.5) is 0 Å². The molecule has 0 saturated carbocycles. The Kier molecular flexibility index (Phi) is 4.37. The van der Waals surface area contributed by atoms with E-state index < -0.39 is 0 Å². The minimum Gasteiger partial charge on any atom is -0.312 e. The van der Waals surface area contributed by atoms with Gasteiger partial charge in [0.15, 0.2) is 0 Å². The Labute approximate surface area is 117 Å². The van der Waals surface area contributed by atoms with E-state index in [2.05, 4.69) is 31.1 Å². The number of nitrogens with one attached hydrogen (secondary N) is 1. The predicted octanol–water partition coefficient (Wildman–Crippen LogP) is 2.40. The summed E-state index contributed by atoms with van der Waals surface area (Å²) in [5.41, 5.74) is 1.99. The van der Waals surface area contributed by atoms with Crippen molar-refractivity contribution in [3.63, 3.8) is 0 Å². The fourth-order valence-corrected chi connectivity index (χ4v) is 2.82. The summed E-state index contributed by atoms with van der Waals surface area (Å²) in [6.45, 7) is 9.98. The van der Waals surface area contributed by atoms with Crippen molar-refractivity contribution in [2.75, 3.05) is 6.54 Å². The molecule has 19 heavy (non-hydrogen) atoms. The number of rotatable bonds is 5. The highest BCUT2D eigenvalue weighted by Gasteiger charge is 2.09. The molecule has 0 amide bonds. The molecule has 2 heterocycles. The molecular formula is C14H21N3OS. The molecule has 0 aliphatic heterocycles. The van der Waals surface area contributed by atoms with Crippen LogP contribution in [0.5, 0.6) is 0 Å². The maximum atomic E-state index is 12.3. The standard InChI is InChI=1S/C14H21N3OS/c1-9(2)11(4)15-5-6-17-8-16-12-10(3)7-19-13(12)14(17)18/h7-9,11,15H,5-6H2,1-4H3. The van der Waals surface area contributed by atoms with E-state index in [0.29, 0.717) is 18.5 Å². The fraction of sp³-hybridized carbons (Fsp3) is 0.571. The molecule has 0 aliphatic carbocycles. The van der Waals surface area contributed by atoms with Gasteiger partial charge in [0, 0.05) is 19.1 Å². The summed E-state index contributed by atoms with van der Waals surface area (Å²) in [7, 11) is 0. The van der Waals surface area contributed by atoms with Crippen LogP contribution in [0.2, 0.25) is 0 Å². The molecule has 0 spiro atoms. The van der Waals surface area contributed by atoms with E-state index in [9.17, 15) is 4.79 Å². The van der Waals surface area contributed by atoms with Gasteiger partial charge in [-0.1, -0.05) is 13.8 Å². The van der Waals surface area contributed by atoms with E-state index in [0.717, 1.165) is 22.3 Å². The lowest BCUT2D eigenvalue weighted by Gasteiger charge is -2.17. The minimum absolute atomic E-state index is 0.0714. The maximum absolute atomic E-state index is 12.3. The zero-order chi connectivity index (χ0) is 14.0. The maximum Gasteiger partial charge on any atom is 0.271 e. The van der Waals surface area contributed by atoms with E-state index in [1.165, 1.54) is 11.3 Å². The quantitative estimate of drug-likeness (QED) is 0.914. The number of nitrogens with zero attached hydrogens (tertiary/aromatic N) is 2. The number of aromatic nitrogens is 2. The van der Waals surface area contributed by atoms with Crippen molar-refractivity contribution < 1.29 is 0 Å². The Balaban J connectivity index is 2.09. The highest BCUT2D eigenvalue weighted by Crippen LogP contribution is 2.19. The SMILES string of the molecule is Cc1csc2c(=O)n(CCNC(C)C(C)C)cnc12. The molecule has 104 valence electrons. The summed E-state index contributed by atoms with van der Waals surface area (Å²) < 4.78 is 2.45. The summed E-state index contributed by atoms with van der Waals surface area (Å²) >= 11 is 1.48. The van der Waals surface area contributed by atoms with Crippen molar-refractivity contribution in [3.8, 4) is 0 Å². The van der Waals surface area contributed by atoms with Gasteiger partial charge in [-0.3, -0.25) is 9.36 Å². The van der Waals surface area contributed by atoms with Gasteiger partial charge in [0.1, 0.15) is 4.70 Å². The summed E-state index contributed by atoms with van der Waals surface area (Å²) in [5.74, 6) is 0.595. The van der Waals surface area contributed by atoms with E-state index in [-0.39, 0.29) is 5.56 Å². The largest absolute Gasteiger partial charge is 0.312 e. The Hall–Kier alpha value is -1.20. The van der Waals surface area contributed by atoms with Gasteiger partial charge < -0.3 is 5.32 Å². The van der Waals surface area contributed by atoms with E-state index in [1.807, 2.05) is 12.3 Å². The van der Waals surface area contributed by atoms with Crippen molar-refractivity contribution >= 4 is 21.6 Å². The van der Waals surface area contributed by atoms with Gasteiger partial charge in [0.2, 0.25) is 0 Å². The Bertz CT molecular complexity index is 615. The first-order chi connectivity index (χ1) is 9.00. The topological polar surface area (TPSA) is 46.9 Å². The number of hydrogen-bond donors (Lipinski definition) is 1. The van der Waals surface area contributed by atoms with Gasteiger partial charge in [0.25, 0.3) is 5.56 Å². The Morgan fingerprint density at radius 1 is 1.42 bits per heavy atom. The number of aryl methyl sites for hydroxylation is 1. The smallest absolute Gasteiger partial charge is 0.271 e. The monoisotopic (exact) mass is 279 g/mol. The highest BCUT2D eigenvalue weighted by atomic mass is 32.1. The van der Waals surface area contributed by atoms with Crippen molar-refractivity contribution in [1.82, 2.24) is 14.9 Å². The zero-order valence-electron chi connectivity index (χ0n) is 11.9. The van der Waals surface area contributed by atoms with Crippen LogP contribution in [0.25, 0.3) is 10.2 Å². The molecule has 0 bridgehead atoms. The normalized spacial score (nSPS) is 13.3. The summed E-state index contributed by atoms with van der Waals surface area (Å²) in [6, 6.07) is 0.455. The van der Waals surface area contributed by atoms with Crippen LogP contribution >= 0.6 is 11.3 Å². The van der Waals surface area contributed by atoms with Gasteiger partial charge >= 0.3 is 0 Å². The van der Waals surface area contributed by atoms with Crippen LogP contribution < -0.4 is 10.9 Å². The molecule has 5 heteroatoms. The molecule has 0 aliphatic rings. The number of fused-ring (bicyclic) bond motifs is 1. The summed E-state index contributed by atoms with van der Waals surface area (Å²) in [4.78, 5) is 16.6. The molecule has 0 fully saturated rings. The van der Waals surface area contributed by atoms with Gasteiger partial charge in [-0.2, -0.15) is 0 Å². The second-order valence-corrected chi connectivity index (χ2v) is 6.21. The summed E-state index contributed by atoms with van der Waals surface area (Å²) in [6.07, 6.45) is 1.66. The molecule has 2 aromatic rings. The van der Waals surface area contributed by atoms with Crippen LogP contribution in [0.1, 0.15) is 26.3 Å². The summed E-state index contributed by atoms with van der Waals surface area (Å²) in [5, 5.41) is 5.42. The molecule has 1 atom stereocenters. The van der Waals surface area contributed by atoms with Crippen LogP contribution in [-0.4, -0.2) is 22.1 Å². The van der Waals surface area contributed by atoms with Crippen molar-refractivity contribution in [3.05, 3.63) is 27.6 Å². The molecule has 2 aromatic heterocycles. The zero-order valence-corrected chi connectivity index (χ0v) is 12.8. The Morgan fingerprint density at radius 2 is 2.16 bits per heavy atom. The molecule has 0 saturated heterocycles. The third-order valence-electron chi connectivity index (χ3n) is 3.54. The van der Waals surface area contributed by atoms with E-state index >= 15 is 0 Å². The molecule has 0 aromatic carbocycles. The number of hydrogen-bond acceptors (Lipinski definition) is 4. The Morgan fingerprint density at radius 3 is 2.84 bits per heavy atom. The highest BCUT2D eigenvalue weighted by molar-refractivity contribution is 7.17.